The van der Waals surface area contributed by atoms with Gasteiger partial charge in [-0.05, 0) is 104 Å². The predicted octanol–water partition coefficient (Wildman–Crippen LogP) is 5.90. The third kappa shape index (κ3) is 4.16. The van der Waals surface area contributed by atoms with E-state index in [9.17, 15) is 9.59 Å². The van der Waals surface area contributed by atoms with Gasteiger partial charge in [0.25, 0.3) is 5.91 Å². The lowest BCUT2D eigenvalue weighted by Gasteiger charge is -2.58. The van der Waals surface area contributed by atoms with Crippen LogP contribution in [0.5, 0.6) is 0 Å². The maximum atomic E-state index is 12.4. The minimum atomic E-state index is -0.141. The van der Waals surface area contributed by atoms with Gasteiger partial charge in [-0.15, -0.1) is 11.3 Å². The number of ketones is 1. The number of allylic oxidation sites excluding steroid dienone is 2. The van der Waals surface area contributed by atoms with Crippen molar-refractivity contribution in [3.63, 3.8) is 0 Å². The fraction of sp³-hybridized carbons (Fsp3) is 0.679. The normalized spacial score (nSPS) is 37.9. The summed E-state index contributed by atoms with van der Waals surface area (Å²) in [5, 5.41) is 9.21. The van der Waals surface area contributed by atoms with Gasteiger partial charge in [0.05, 0.1) is 12.3 Å². The zero-order chi connectivity index (χ0) is 23.9. The summed E-state index contributed by atoms with van der Waals surface area (Å²) in [7, 11) is 0. The second-order valence-corrected chi connectivity index (χ2v) is 12.5. The minimum absolute atomic E-state index is 0.0441. The van der Waals surface area contributed by atoms with Gasteiger partial charge in [0.2, 0.25) is 0 Å². The molecule has 4 aliphatic carbocycles. The van der Waals surface area contributed by atoms with Gasteiger partial charge in [0.1, 0.15) is 5.78 Å². The monoisotopic (exact) mass is 482 g/mol. The molecule has 1 heterocycles. The summed E-state index contributed by atoms with van der Waals surface area (Å²) in [6.07, 6.45) is 11.4. The van der Waals surface area contributed by atoms with Crippen LogP contribution in [-0.4, -0.2) is 24.0 Å². The first-order valence-electron chi connectivity index (χ1n) is 13.0. The van der Waals surface area contributed by atoms with Gasteiger partial charge in [0.15, 0.2) is 6.61 Å². The molecule has 0 aliphatic heterocycles. The van der Waals surface area contributed by atoms with Gasteiger partial charge in [-0.3, -0.25) is 9.59 Å². The highest BCUT2D eigenvalue weighted by atomic mass is 32.1. The molecule has 3 fully saturated rings. The van der Waals surface area contributed by atoms with Gasteiger partial charge in [-0.25, -0.2) is 0 Å². The van der Waals surface area contributed by atoms with Gasteiger partial charge in [-0.1, -0.05) is 30.6 Å². The van der Waals surface area contributed by atoms with Crippen LogP contribution in [0.4, 0.5) is 0 Å². The third-order valence-electron chi connectivity index (χ3n) is 9.89. The van der Waals surface area contributed by atoms with Gasteiger partial charge in [-0.2, -0.15) is 0 Å². The maximum absolute atomic E-state index is 12.4. The van der Waals surface area contributed by atoms with Crippen molar-refractivity contribution in [2.75, 3.05) is 6.61 Å². The van der Waals surface area contributed by atoms with Crippen LogP contribution < -0.4 is 5.32 Å². The van der Waals surface area contributed by atoms with E-state index in [4.69, 9.17) is 4.84 Å². The molecular formula is C28H38N2O3S. The Morgan fingerprint density at radius 3 is 2.76 bits per heavy atom. The first-order valence-corrected chi connectivity index (χ1v) is 13.9. The highest BCUT2D eigenvalue weighted by molar-refractivity contribution is 7.09. The molecule has 4 aliphatic rings. The summed E-state index contributed by atoms with van der Waals surface area (Å²) in [5.41, 5.74) is 2.93. The zero-order valence-electron chi connectivity index (χ0n) is 20.8. The Bertz CT molecular complexity index is 999. The molecule has 4 unspecified atom stereocenters. The Morgan fingerprint density at radius 2 is 2.00 bits per heavy atom. The number of thiophene rings is 1. The van der Waals surface area contributed by atoms with E-state index in [-0.39, 0.29) is 29.3 Å². The van der Waals surface area contributed by atoms with E-state index >= 15 is 0 Å². The molecule has 0 saturated heterocycles. The predicted molar refractivity (Wildman–Crippen MR) is 135 cm³/mol. The van der Waals surface area contributed by atoms with Gasteiger partial charge >= 0.3 is 0 Å². The van der Waals surface area contributed by atoms with Crippen LogP contribution in [0.2, 0.25) is 0 Å². The Hall–Kier alpha value is -1.95. The molecule has 1 aromatic rings. The fourth-order valence-corrected chi connectivity index (χ4v) is 8.78. The average Bonchev–Trinajstić information content (AvgIpc) is 3.45. The Morgan fingerprint density at radius 1 is 1.15 bits per heavy atom. The SMILES string of the molecule is CC(=O)C1CCC2C3CCC4=C/C(=N/OCC(=O)NCc5cccs5)CC[C@]4(C)C3CC[C@]12C. The molecule has 1 N–H and O–H groups in total. The molecule has 0 bridgehead atoms. The minimum Gasteiger partial charge on any atom is -0.385 e. The molecule has 5 rings (SSSR count). The van der Waals surface area contributed by atoms with E-state index in [0.29, 0.717) is 24.2 Å². The van der Waals surface area contributed by atoms with Crippen LogP contribution in [0.3, 0.4) is 0 Å². The van der Waals surface area contributed by atoms with Crippen LogP contribution >= 0.6 is 11.3 Å². The lowest BCUT2D eigenvalue weighted by atomic mass is 9.46. The quantitative estimate of drug-likeness (QED) is 0.513. The van der Waals surface area contributed by atoms with Crippen molar-refractivity contribution in [3.8, 4) is 0 Å². The van der Waals surface area contributed by atoms with Crippen molar-refractivity contribution in [3.05, 3.63) is 34.0 Å². The highest BCUT2D eigenvalue weighted by Gasteiger charge is 2.59. The van der Waals surface area contributed by atoms with Crippen LogP contribution in [0, 0.1) is 34.5 Å². The Kier molecular flexibility index (Phi) is 6.47. The summed E-state index contributed by atoms with van der Waals surface area (Å²) in [6.45, 7) is 7.20. The molecule has 184 valence electrons. The Labute approximate surface area is 207 Å². The smallest absolute Gasteiger partial charge is 0.261 e. The number of fused-ring (bicyclic) bond motifs is 5. The van der Waals surface area contributed by atoms with Crippen molar-refractivity contribution < 1.29 is 14.4 Å². The zero-order valence-corrected chi connectivity index (χ0v) is 21.6. The third-order valence-corrected chi connectivity index (χ3v) is 10.8. The van der Waals surface area contributed by atoms with E-state index in [2.05, 4.69) is 30.4 Å². The van der Waals surface area contributed by atoms with Gasteiger partial charge < -0.3 is 10.2 Å². The van der Waals surface area contributed by atoms with E-state index in [1.807, 2.05) is 24.4 Å². The van der Waals surface area contributed by atoms with Crippen molar-refractivity contribution in [2.24, 2.45) is 39.7 Å². The highest BCUT2D eigenvalue weighted by Crippen LogP contribution is 2.66. The molecule has 0 spiro atoms. The molecular weight excluding hydrogens is 444 g/mol. The topological polar surface area (TPSA) is 67.8 Å². The number of carbonyl (C=O) groups excluding carboxylic acids is 2. The van der Waals surface area contributed by atoms with Crippen LogP contribution in [0.25, 0.3) is 0 Å². The van der Waals surface area contributed by atoms with E-state index in [0.717, 1.165) is 42.2 Å². The van der Waals surface area contributed by atoms with E-state index in [1.54, 1.807) is 11.3 Å². The van der Waals surface area contributed by atoms with Crippen LogP contribution in [0.15, 0.2) is 34.3 Å². The number of Topliss-reactive ketones (excluding diaryl/α,β-unsaturated/α-hetero) is 1. The Balaban J connectivity index is 1.21. The molecule has 1 amide bonds. The summed E-state index contributed by atoms with van der Waals surface area (Å²) in [4.78, 5) is 31.0. The molecule has 0 radical (unpaired) electrons. The molecule has 5 nitrogen and oxygen atoms in total. The molecule has 34 heavy (non-hydrogen) atoms. The standard InChI is InChI=1S/C28H38N2O3S/c1-18(31)23-8-9-24-22-7-6-19-15-20(10-12-27(19,2)25(22)11-13-28(23,24)3)30-33-17-26(32)29-16-21-5-4-14-34-21/h4-5,14-15,22-25H,6-13,16-17H2,1-3H3,(H,29,32)/b30-20+/t22?,23?,24?,25?,27-,28+/m0/s1. The molecule has 6 atom stereocenters. The first-order chi connectivity index (χ1) is 16.3. The van der Waals surface area contributed by atoms with Crippen molar-refractivity contribution in [2.45, 2.75) is 78.7 Å². The lowest BCUT2D eigenvalue weighted by molar-refractivity contribution is -0.128. The van der Waals surface area contributed by atoms with Crippen molar-refractivity contribution >= 4 is 28.7 Å². The van der Waals surface area contributed by atoms with Crippen molar-refractivity contribution in [1.82, 2.24) is 5.32 Å². The number of oxime groups is 1. The number of carbonyl (C=O) groups is 2. The molecule has 6 heteroatoms. The summed E-state index contributed by atoms with van der Waals surface area (Å²) in [6, 6.07) is 3.99. The number of hydrogen-bond acceptors (Lipinski definition) is 5. The number of rotatable bonds is 6. The summed E-state index contributed by atoms with van der Waals surface area (Å²) >= 11 is 1.63. The first kappa shape index (κ1) is 23.8. The fourth-order valence-electron chi connectivity index (χ4n) is 8.13. The van der Waals surface area contributed by atoms with Crippen molar-refractivity contribution in [1.29, 1.82) is 0 Å². The molecule has 1 aromatic heterocycles. The van der Waals surface area contributed by atoms with Gasteiger partial charge in [0, 0.05) is 10.8 Å². The second kappa shape index (κ2) is 9.25. The average molecular weight is 483 g/mol. The maximum Gasteiger partial charge on any atom is 0.261 e. The summed E-state index contributed by atoms with van der Waals surface area (Å²) < 4.78 is 0. The lowest BCUT2D eigenvalue weighted by Crippen LogP contribution is -2.51. The van der Waals surface area contributed by atoms with Crippen LogP contribution in [0.1, 0.15) is 77.0 Å². The molecule has 0 aromatic carbocycles. The number of amides is 1. The van der Waals surface area contributed by atoms with E-state index in [1.165, 1.54) is 31.3 Å². The number of nitrogens with zero attached hydrogens (tertiary/aromatic N) is 1. The number of nitrogens with one attached hydrogen (secondary N) is 1. The number of hydrogen-bond donors (Lipinski definition) is 1. The van der Waals surface area contributed by atoms with E-state index < -0.39 is 0 Å². The largest absolute Gasteiger partial charge is 0.385 e. The second-order valence-electron chi connectivity index (χ2n) is 11.5. The molecule has 3 saturated carbocycles. The summed E-state index contributed by atoms with van der Waals surface area (Å²) in [5.74, 6) is 2.69. The van der Waals surface area contributed by atoms with Crippen LogP contribution in [-0.2, 0) is 21.0 Å².